The van der Waals surface area contributed by atoms with Crippen molar-refractivity contribution in [3.05, 3.63) is 48.5 Å². The van der Waals surface area contributed by atoms with Crippen LogP contribution in [0.15, 0.2) is 43.0 Å². The number of hydrogen-bond donors (Lipinski definition) is 1. The van der Waals surface area contributed by atoms with Crippen molar-refractivity contribution in [2.45, 2.75) is 23.7 Å². The molecule has 21 heavy (non-hydrogen) atoms. The van der Waals surface area contributed by atoms with Crippen LogP contribution in [0, 0.1) is 5.92 Å². The Morgan fingerprint density at radius 2 is 2.29 bits per heavy atom. The van der Waals surface area contributed by atoms with Gasteiger partial charge < -0.3 is 9.88 Å². The Labute approximate surface area is 133 Å². The van der Waals surface area contributed by atoms with Gasteiger partial charge in [-0.25, -0.2) is 4.98 Å². The molecule has 4 nitrogen and oxygen atoms in total. The molecule has 0 aliphatic heterocycles. The smallest absolute Gasteiger partial charge is 0.226 e. The van der Waals surface area contributed by atoms with Crippen molar-refractivity contribution < 1.29 is 4.79 Å². The maximum Gasteiger partial charge on any atom is 0.226 e. The molecule has 1 heterocycles. The van der Waals surface area contributed by atoms with Gasteiger partial charge in [0.1, 0.15) is 4.33 Å². The number of nitrogens with zero attached hydrogens (tertiary/aromatic N) is 2. The van der Waals surface area contributed by atoms with Crippen molar-refractivity contribution in [2.75, 3.05) is 0 Å². The van der Waals surface area contributed by atoms with Crippen molar-refractivity contribution in [1.82, 2.24) is 14.9 Å². The van der Waals surface area contributed by atoms with Crippen LogP contribution in [0.25, 0.3) is 5.69 Å². The van der Waals surface area contributed by atoms with Gasteiger partial charge in [0.2, 0.25) is 5.91 Å². The summed E-state index contributed by atoms with van der Waals surface area (Å²) < 4.78 is 1.03. The summed E-state index contributed by atoms with van der Waals surface area (Å²) in [6.07, 6.45) is 5.86. The van der Waals surface area contributed by atoms with E-state index in [-0.39, 0.29) is 17.9 Å². The molecule has 0 radical (unpaired) electrons. The normalized spacial score (nSPS) is 20.8. The van der Waals surface area contributed by atoms with E-state index in [1.54, 1.807) is 12.5 Å². The summed E-state index contributed by atoms with van der Waals surface area (Å²) in [5, 5.41) is 2.95. The summed E-state index contributed by atoms with van der Waals surface area (Å²) in [5.41, 5.74) is 2.02. The second-order valence-corrected chi connectivity index (χ2v) is 6.86. The molecule has 2 aromatic rings. The Bertz CT molecular complexity index is 655. The van der Waals surface area contributed by atoms with Crippen molar-refractivity contribution in [2.24, 2.45) is 5.92 Å². The quantitative estimate of drug-likeness (QED) is 0.878. The molecular formula is C15H15Cl2N3O. The lowest BCUT2D eigenvalue weighted by atomic mass is 10.1. The van der Waals surface area contributed by atoms with Crippen LogP contribution < -0.4 is 5.32 Å². The molecule has 0 saturated heterocycles. The lowest BCUT2D eigenvalue weighted by Gasteiger charge is -2.15. The van der Waals surface area contributed by atoms with E-state index in [0.717, 1.165) is 11.3 Å². The average molecular weight is 324 g/mol. The summed E-state index contributed by atoms with van der Waals surface area (Å²) >= 11 is 11.8. The van der Waals surface area contributed by atoms with E-state index in [0.29, 0.717) is 6.42 Å². The highest BCUT2D eigenvalue weighted by atomic mass is 35.5. The molecule has 1 N–H and O–H groups in total. The summed E-state index contributed by atoms with van der Waals surface area (Å²) in [6.45, 7) is 1.94. The number of halogens is 2. The zero-order valence-corrected chi connectivity index (χ0v) is 13.0. The lowest BCUT2D eigenvalue weighted by Crippen LogP contribution is -2.29. The molecule has 2 atom stereocenters. The van der Waals surface area contributed by atoms with E-state index in [1.807, 2.05) is 42.0 Å². The first-order valence-electron chi connectivity index (χ1n) is 6.74. The fourth-order valence-corrected chi connectivity index (χ4v) is 2.77. The number of amides is 1. The Morgan fingerprint density at radius 3 is 2.90 bits per heavy atom. The fraction of sp³-hybridized carbons (Fsp3) is 0.333. The summed E-state index contributed by atoms with van der Waals surface area (Å²) in [6, 6.07) is 7.84. The molecule has 1 aliphatic carbocycles. The minimum Gasteiger partial charge on any atom is -0.349 e. The fourth-order valence-electron chi connectivity index (χ4n) is 2.26. The van der Waals surface area contributed by atoms with Gasteiger partial charge in [-0.15, -0.1) is 23.2 Å². The predicted molar refractivity (Wildman–Crippen MR) is 82.7 cm³/mol. The highest BCUT2D eigenvalue weighted by molar-refractivity contribution is 6.52. The van der Waals surface area contributed by atoms with Gasteiger partial charge in [0.25, 0.3) is 0 Å². The van der Waals surface area contributed by atoms with Gasteiger partial charge in [-0.1, -0.05) is 12.1 Å². The van der Waals surface area contributed by atoms with E-state index < -0.39 is 4.33 Å². The van der Waals surface area contributed by atoms with Crippen molar-refractivity contribution in [3.63, 3.8) is 0 Å². The Balaban J connectivity index is 1.72. The number of carbonyl (C=O) groups is 1. The van der Waals surface area contributed by atoms with Gasteiger partial charge in [-0.2, -0.15) is 0 Å². The third kappa shape index (κ3) is 3.06. The number of hydrogen-bond acceptors (Lipinski definition) is 2. The molecule has 0 spiro atoms. The Kier molecular flexibility index (Phi) is 3.68. The van der Waals surface area contributed by atoms with Gasteiger partial charge in [-0.05, 0) is 31.0 Å². The third-order valence-electron chi connectivity index (χ3n) is 3.67. The van der Waals surface area contributed by atoms with Crippen LogP contribution in [0.3, 0.4) is 0 Å². The highest BCUT2D eigenvalue weighted by Crippen LogP contribution is 2.53. The van der Waals surface area contributed by atoms with Crippen LogP contribution in [0.4, 0.5) is 0 Å². The minimum absolute atomic E-state index is 0.0967. The topological polar surface area (TPSA) is 46.9 Å². The largest absolute Gasteiger partial charge is 0.349 e. The van der Waals surface area contributed by atoms with Crippen LogP contribution in [0.5, 0.6) is 0 Å². The van der Waals surface area contributed by atoms with E-state index in [4.69, 9.17) is 23.2 Å². The number of alkyl halides is 2. The first-order valence-corrected chi connectivity index (χ1v) is 7.49. The predicted octanol–water partition coefficient (Wildman–Crippen LogP) is 3.24. The molecular weight excluding hydrogens is 309 g/mol. The standard InChI is InChI=1S/C15H15Cl2N3O/c1-10(19-14(21)13-8-15(13,16)17)11-3-2-4-12(7-11)20-6-5-18-9-20/h2-7,9-10,13H,8H2,1H3,(H,19,21)/t10-,13-/m1/s1. The monoisotopic (exact) mass is 323 g/mol. The highest BCUT2D eigenvalue weighted by Gasteiger charge is 2.56. The molecule has 1 aromatic heterocycles. The number of benzene rings is 1. The molecule has 1 amide bonds. The minimum atomic E-state index is -0.886. The van der Waals surface area contributed by atoms with Crippen LogP contribution in [-0.4, -0.2) is 19.8 Å². The maximum absolute atomic E-state index is 12.0. The number of nitrogens with one attached hydrogen (secondary N) is 1. The molecule has 0 unspecified atom stereocenters. The molecule has 0 bridgehead atoms. The molecule has 1 aromatic carbocycles. The van der Waals surface area contributed by atoms with E-state index in [2.05, 4.69) is 10.3 Å². The van der Waals surface area contributed by atoms with E-state index >= 15 is 0 Å². The van der Waals surface area contributed by atoms with Crippen LogP contribution in [0.1, 0.15) is 24.9 Å². The average Bonchev–Trinajstić information content (AvgIpc) is 2.90. The van der Waals surface area contributed by atoms with Crippen molar-refractivity contribution >= 4 is 29.1 Å². The molecule has 3 rings (SSSR count). The van der Waals surface area contributed by atoms with Crippen molar-refractivity contribution in [1.29, 1.82) is 0 Å². The Morgan fingerprint density at radius 1 is 1.52 bits per heavy atom. The summed E-state index contributed by atoms with van der Waals surface area (Å²) in [7, 11) is 0. The Hall–Kier alpha value is -1.52. The maximum atomic E-state index is 12.0. The van der Waals surface area contributed by atoms with Gasteiger partial charge in [0.15, 0.2) is 0 Å². The lowest BCUT2D eigenvalue weighted by molar-refractivity contribution is -0.123. The molecule has 1 aliphatic rings. The molecule has 1 fully saturated rings. The number of aromatic nitrogens is 2. The van der Waals surface area contributed by atoms with Crippen LogP contribution >= 0.6 is 23.2 Å². The van der Waals surface area contributed by atoms with E-state index in [1.165, 1.54) is 0 Å². The van der Waals surface area contributed by atoms with Crippen LogP contribution in [-0.2, 0) is 4.79 Å². The molecule has 6 heteroatoms. The number of carbonyl (C=O) groups excluding carboxylic acids is 1. The second-order valence-electron chi connectivity index (χ2n) is 5.31. The SMILES string of the molecule is C[C@@H](NC(=O)[C@H]1CC1(Cl)Cl)c1cccc(-n2ccnc2)c1. The van der Waals surface area contributed by atoms with Gasteiger partial charge in [0, 0.05) is 18.1 Å². The van der Waals surface area contributed by atoms with Crippen LogP contribution in [0.2, 0.25) is 0 Å². The molecule has 110 valence electrons. The first-order chi connectivity index (χ1) is 9.97. The zero-order chi connectivity index (χ0) is 15.0. The van der Waals surface area contributed by atoms with Crippen molar-refractivity contribution in [3.8, 4) is 5.69 Å². The van der Waals surface area contributed by atoms with Gasteiger partial charge in [0.05, 0.1) is 18.3 Å². The first kappa shape index (κ1) is 14.4. The van der Waals surface area contributed by atoms with E-state index in [9.17, 15) is 4.79 Å². The summed E-state index contributed by atoms with van der Waals surface area (Å²) in [5.74, 6) is -0.402. The van der Waals surface area contributed by atoms with Gasteiger partial charge in [-0.3, -0.25) is 4.79 Å². The molecule has 1 saturated carbocycles. The number of imidazole rings is 1. The second kappa shape index (κ2) is 5.35. The third-order valence-corrected chi connectivity index (χ3v) is 4.51. The van der Waals surface area contributed by atoms with Gasteiger partial charge >= 0.3 is 0 Å². The zero-order valence-electron chi connectivity index (χ0n) is 11.5. The summed E-state index contributed by atoms with van der Waals surface area (Å²) in [4.78, 5) is 16.1. The number of rotatable bonds is 4.